The van der Waals surface area contributed by atoms with E-state index in [1.54, 1.807) is 0 Å². The Balaban J connectivity index is 2.85. The lowest BCUT2D eigenvalue weighted by molar-refractivity contribution is 0.691. The maximum atomic E-state index is 6.92. The number of nitrogens with one attached hydrogen (secondary N) is 2. The van der Waals surface area contributed by atoms with E-state index >= 15 is 0 Å². The van der Waals surface area contributed by atoms with Crippen LogP contribution in [0.2, 0.25) is 0 Å². The minimum Gasteiger partial charge on any atom is -0.387 e. The summed E-state index contributed by atoms with van der Waals surface area (Å²) in [5, 5.41) is 10.0. The highest BCUT2D eigenvalue weighted by Gasteiger charge is 1.89. The molecule has 0 aromatic rings. The lowest BCUT2D eigenvalue weighted by atomic mass is 10.3. The van der Waals surface area contributed by atoms with Gasteiger partial charge in [0, 0.05) is 0 Å². The second-order valence-electron chi connectivity index (χ2n) is 2.40. The van der Waals surface area contributed by atoms with Crippen molar-refractivity contribution in [3.63, 3.8) is 0 Å². The number of rotatable bonds is 7. The number of nitrogens with two attached hydrogens (primary N) is 1. The summed E-state index contributed by atoms with van der Waals surface area (Å²) < 4.78 is 0. The zero-order valence-electron chi connectivity index (χ0n) is 7.02. The zero-order valence-corrected chi connectivity index (χ0v) is 7.84. The predicted octanol–water partition coefficient (Wildman–Crippen LogP) is 0.655. The van der Waals surface area contributed by atoms with Crippen LogP contribution in [0.1, 0.15) is 12.8 Å². The van der Waals surface area contributed by atoms with E-state index in [-0.39, 0.29) is 5.84 Å². The summed E-state index contributed by atoms with van der Waals surface area (Å²) in [6.07, 6.45) is 4.53. The Labute approximate surface area is 72.6 Å². The topological polar surface area (TPSA) is 61.9 Å². The van der Waals surface area contributed by atoms with E-state index in [9.17, 15) is 0 Å². The molecule has 0 aromatic carbocycles. The third kappa shape index (κ3) is 9.78. The molecule has 0 aliphatic heterocycles. The summed E-state index contributed by atoms with van der Waals surface area (Å²) in [4.78, 5) is 0. The molecule has 4 N–H and O–H groups in total. The smallest absolute Gasteiger partial charge is 0.105 e. The zero-order chi connectivity index (χ0) is 8.53. The van der Waals surface area contributed by atoms with Gasteiger partial charge in [-0.3, -0.25) is 5.41 Å². The number of hydrogen-bond acceptors (Lipinski definition) is 3. The van der Waals surface area contributed by atoms with Gasteiger partial charge < -0.3 is 11.1 Å². The van der Waals surface area contributed by atoms with Gasteiger partial charge in [-0.15, -0.1) is 0 Å². The first-order chi connectivity index (χ1) is 5.27. The molecular weight excluding hydrogens is 158 g/mol. The molecule has 0 aromatic heterocycles. The van der Waals surface area contributed by atoms with Gasteiger partial charge in [-0.25, -0.2) is 0 Å². The fourth-order valence-electron chi connectivity index (χ4n) is 0.719. The summed E-state index contributed by atoms with van der Waals surface area (Å²) in [5.41, 5.74) is 5.15. The summed E-state index contributed by atoms with van der Waals surface area (Å²) >= 11 is 1.87. The molecule has 0 aliphatic rings. The molecule has 66 valence electrons. The summed E-state index contributed by atoms with van der Waals surface area (Å²) in [7, 11) is 0. The predicted molar refractivity (Wildman–Crippen MR) is 52.4 cm³/mol. The van der Waals surface area contributed by atoms with Crippen LogP contribution in [-0.2, 0) is 0 Å². The fraction of sp³-hybridized carbons (Fsp3) is 0.857. The fourth-order valence-corrected chi connectivity index (χ4v) is 1.21. The second-order valence-corrected chi connectivity index (χ2v) is 3.39. The van der Waals surface area contributed by atoms with Crippen LogP contribution in [0.25, 0.3) is 0 Å². The van der Waals surface area contributed by atoms with Crippen molar-refractivity contribution in [2.75, 3.05) is 25.1 Å². The first kappa shape index (κ1) is 10.8. The average molecular weight is 175 g/mol. The highest BCUT2D eigenvalue weighted by atomic mass is 32.2. The van der Waals surface area contributed by atoms with Crippen LogP contribution < -0.4 is 11.1 Å². The number of thioether (sulfide) groups is 1. The Bertz CT molecular complexity index is 106. The molecule has 0 spiro atoms. The van der Waals surface area contributed by atoms with Gasteiger partial charge in [-0.2, -0.15) is 11.8 Å². The molecule has 0 fully saturated rings. The van der Waals surface area contributed by atoms with Crippen molar-refractivity contribution in [2.45, 2.75) is 12.8 Å². The van der Waals surface area contributed by atoms with E-state index in [2.05, 4.69) is 11.6 Å². The Morgan fingerprint density at radius 1 is 1.55 bits per heavy atom. The molecule has 0 amide bonds. The Kier molecular flexibility index (Phi) is 7.72. The van der Waals surface area contributed by atoms with Gasteiger partial charge in [-0.1, -0.05) is 0 Å². The third-order valence-corrected chi connectivity index (χ3v) is 1.96. The standard InChI is InChI=1S/C7H17N3S/c1-11-5-3-2-4-10-6-7(8)9/h10H,2-6H2,1H3,(H3,8,9). The van der Waals surface area contributed by atoms with Crippen LogP contribution in [0.3, 0.4) is 0 Å². The van der Waals surface area contributed by atoms with Gasteiger partial charge in [0.15, 0.2) is 0 Å². The quantitative estimate of drug-likeness (QED) is 0.302. The van der Waals surface area contributed by atoms with Gasteiger partial charge in [-0.05, 0) is 31.4 Å². The molecule has 0 bridgehead atoms. The van der Waals surface area contributed by atoms with Crippen molar-refractivity contribution in [1.82, 2.24) is 5.32 Å². The van der Waals surface area contributed by atoms with E-state index in [4.69, 9.17) is 11.1 Å². The Morgan fingerprint density at radius 2 is 2.27 bits per heavy atom. The molecule has 0 heterocycles. The monoisotopic (exact) mass is 175 g/mol. The Morgan fingerprint density at radius 3 is 2.82 bits per heavy atom. The lowest BCUT2D eigenvalue weighted by Gasteiger charge is -2.01. The van der Waals surface area contributed by atoms with Gasteiger partial charge in [0.05, 0.1) is 6.54 Å². The van der Waals surface area contributed by atoms with Crippen molar-refractivity contribution in [2.24, 2.45) is 5.73 Å². The van der Waals surface area contributed by atoms with Crippen molar-refractivity contribution in [3.8, 4) is 0 Å². The molecule has 0 atom stereocenters. The van der Waals surface area contributed by atoms with E-state index in [1.807, 2.05) is 11.8 Å². The van der Waals surface area contributed by atoms with Gasteiger partial charge in [0.25, 0.3) is 0 Å². The SMILES string of the molecule is CSCCCCNCC(=N)N. The van der Waals surface area contributed by atoms with Crippen molar-refractivity contribution >= 4 is 17.6 Å². The molecule has 0 rings (SSSR count). The molecule has 3 nitrogen and oxygen atoms in total. The van der Waals surface area contributed by atoms with Gasteiger partial charge in [0.1, 0.15) is 5.84 Å². The van der Waals surface area contributed by atoms with Crippen molar-refractivity contribution in [3.05, 3.63) is 0 Å². The summed E-state index contributed by atoms with van der Waals surface area (Å²) in [5.74, 6) is 1.44. The van der Waals surface area contributed by atoms with Crippen LogP contribution in [0, 0.1) is 5.41 Å². The van der Waals surface area contributed by atoms with Gasteiger partial charge >= 0.3 is 0 Å². The van der Waals surface area contributed by atoms with E-state index in [1.165, 1.54) is 18.6 Å². The highest BCUT2D eigenvalue weighted by molar-refractivity contribution is 7.98. The minimum atomic E-state index is 0.217. The maximum Gasteiger partial charge on any atom is 0.105 e. The van der Waals surface area contributed by atoms with Crippen LogP contribution in [-0.4, -0.2) is 30.9 Å². The van der Waals surface area contributed by atoms with Gasteiger partial charge in [0.2, 0.25) is 0 Å². The Hall–Kier alpha value is -0.220. The molecule has 0 saturated carbocycles. The largest absolute Gasteiger partial charge is 0.387 e. The molecule has 0 aliphatic carbocycles. The first-order valence-corrected chi connectivity index (χ1v) is 5.19. The first-order valence-electron chi connectivity index (χ1n) is 3.80. The van der Waals surface area contributed by atoms with E-state index in [0.29, 0.717) is 6.54 Å². The minimum absolute atomic E-state index is 0.217. The van der Waals surface area contributed by atoms with Crippen LogP contribution in [0.15, 0.2) is 0 Å². The third-order valence-electron chi connectivity index (χ3n) is 1.27. The summed E-state index contributed by atoms with van der Waals surface area (Å²) in [6.45, 7) is 1.50. The van der Waals surface area contributed by atoms with Crippen LogP contribution >= 0.6 is 11.8 Å². The molecule has 4 heteroatoms. The van der Waals surface area contributed by atoms with Crippen molar-refractivity contribution < 1.29 is 0 Å². The van der Waals surface area contributed by atoms with Crippen LogP contribution in [0.4, 0.5) is 0 Å². The second kappa shape index (κ2) is 7.88. The number of unbranched alkanes of at least 4 members (excludes halogenated alkanes) is 1. The van der Waals surface area contributed by atoms with Crippen molar-refractivity contribution in [1.29, 1.82) is 5.41 Å². The lowest BCUT2D eigenvalue weighted by Crippen LogP contribution is -2.28. The maximum absolute atomic E-state index is 6.92. The summed E-state index contributed by atoms with van der Waals surface area (Å²) in [6, 6.07) is 0. The average Bonchev–Trinajstić information content (AvgIpc) is 1.96. The normalized spacial score (nSPS) is 9.91. The molecule has 0 saturated heterocycles. The molecular formula is C7H17N3S. The van der Waals surface area contributed by atoms with E-state index < -0.39 is 0 Å². The molecule has 0 unspecified atom stereocenters. The number of amidine groups is 1. The molecule has 11 heavy (non-hydrogen) atoms. The van der Waals surface area contributed by atoms with Crippen LogP contribution in [0.5, 0.6) is 0 Å². The number of hydrogen-bond donors (Lipinski definition) is 3. The highest BCUT2D eigenvalue weighted by Crippen LogP contribution is 1.97. The van der Waals surface area contributed by atoms with E-state index in [0.717, 1.165) is 6.54 Å². The molecule has 0 radical (unpaired) electrons.